The number of thiazole rings is 1. The molecule has 0 fully saturated rings. The predicted molar refractivity (Wildman–Crippen MR) is 81.1 cm³/mol. The molecule has 1 aliphatic carbocycles. The van der Waals surface area contributed by atoms with E-state index in [9.17, 15) is 0 Å². The van der Waals surface area contributed by atoms with Gasteiger partial charge in [0.05, 0.1) is 12.2 Å². The van der Waals surface area contributed by atoms with Gasteiger partial charge in [-0.3, -0.25) is 4.40 Å². The monoisotopic (exact) mass is 286 g/mol. The van der Waals surface area contributed by atoms with E-state index in [1.54, 1.807) is 11.3 Å². The molecule has 3 aromatic rings. The van der Waals surface area contributed by atoms with Gasteiger partial charge in [0.2, 0.25) is 0 Å². The number of nitrogens with two attached hydrogens (primary N) is 1. The van der Waals surface area contributed by atoms with E-state index >= 15 is 0 Å². The Balaban J connectivity index is 1.63. The van der Waals surface area contributed by atoms with Crippen LogP contribution in [0.25, 0.3) is 4.96 Å². The molecule has 3 heterocycles. The Hall–Kier alpha value is -1.59. The molecule has 20 heavy (non-hydrogen) atoms. The van der Waals surface area contributed by atoms with Crippen LogP contribution in [0.1, 0.15) is 42.1 Å². The normalized spacial score (nSPS) is 19.1. The van der Waals surface area contributed by atoms with Crippen LogP contribution in [0.15, 0.2) is 30.2 Å². The molecule has 1 aliphatic rings. The topological polar surface area (TPSA) is 48.2 Å². The first-order valence-electron chi connectivity index (χ1n) is 7.15. The van der Waals surface area contributed by atoms with Gasteiger partial charge in [-0.25, -0.2) is 4.98 Å². The number of rotatable bonds is 2. The van der Waals surface area contributed by atoms with Gasteiger partial charge in [-0.05, 0) is 30.4 Å². The van der Waals surface area contributed by atoms with E-state index in [1.165, 1.54) is 24.0 Å². The summed E-state index contributed by atoms with van der Waals surface area (Å²) < 4.78 is 4.32. The minimum absolute atomic E-state index is 0.208. The predicted octanol–water partition coefficient (Wildman–Crippen LogP) is 2.97. The minimum Gasteiger partial charge on any atom is -0.348 e. The van der Waals surface area contributed by atoms with Crippen molar-refractivity contribution in [2.75, 3.05) is 0 Å². The van der Waals surface area contributed by atoms with Gasteiger partial charge in [0.1, 0.15) is 0 Å². The molecule has 2 N–H and O–H groups in total. The molecule has 0 bridgehead atoms. The first-order valence-corrected chi connectivity index (χ1v) is 8.03. The second-order valence-corrected chi connectivity index (χ2v) is 6.46. The van der Waals surface area contributed by atoms with Gasteiger partial charge >= 0.3 is 0 Å². The zero-order valence-electron chi connectivity index (χ0n) is 11.3. The van der Waals surface area contributed by atoms with Gasteiger partial charge < -0.3 is 10.3 Å². The van der Waals surface area contributed by atoms with Crippen LogP contribution in [0.2, 0.25) is 0 Å². The van der Waals surface area contributed by atoms with E-state index in [0.29, 0.717) is 0 Å². The molecule has 4 nitrogen and oxygen atoms in total. The van der Waals surface area contributed by atoms with Crippen molar-refractivity contribution in [3.63, 3.8) is 0 Å². The highest BCUT2D eigenvalue weighted by Gasteiger charge is 2.17. The van der Waals surface area contributed by atoms with Crippen molar-refractivity contribution in [1.82, 2.24) is 14.0 Å². The Morgan fingerprint density at radius 1 is 1.30 bits per heavy atom. The average Bonchev–Trinajstić information content (AvgIpc) is 3.07. The van der Waals surface area contributed by atoms with Crippen molar-refractivity contribution in [1.29, 1.82) is 0 Å². The van der Waals surface area contributed by atoms with E-state index in [1.807, 2.05) is 0 Å². The summed E-state index contributed by atoms with van der Waals surface area (Å²) >= 11 is 1.67. The number of nitrogens with zero attached hydrogens (tertiary/aromatic N) is 3. The number of imidazole rings is 1. The van der Waals surface area contributed by atoms with Crippen LogP contribution in [-0.4, -0.2) is 14.0 Å². The molecule has 0 amide bonds. The van der Waals surface area contributed by atoms with Gasteiger partial charge in [-0.15, -0.1) is 11.3 Å². The number of fused-ring (bicyclic) bond motifs is 2. The molecule has 4 rings (SSSR count). The van der Waals surface area contributed by atoms with Gasteiger partial charge in [0.25, 0.3) is 0 Å². The van der Waals surface area contributed by atoms with Crippen molar-refractivity contribution >= 4 is 16.3 Å². The average molecular weight is 286 g/mol. The Morgan fingerprint density at radius 2 is 2.25 bits per heavy atom. The third-order valence-electron chi connectivity index (χ3n) is 4.10. The summed E-state index contributed by atoms with van der Waals surface area (Å²) in [6, 6.07) is 0.208. The molecule has 1 atom stereocenters. The van der Waals surface area contributed by atoms with Crippen LogP contribution in [0.3, 0.4) is 0 Å². The fourth-order valence-electron chi connectivity index (χ4n) is 3.08. The number of aromatic nitrogens is 3. The maximum atomic E-state index is 6.27. The lowest BCUT2D eigenvalue weighted by atomic mass is 10.1. The molecule has 0 radical (unpaired) electrons. The lowest BCUT2D eigenvalue weighted by Gasteiger charge is -2.07. The molecule has 1 unspecified atom stereocenters. The molecule has 3 aromatic heterocycles. The zero-order valence-corrected chi connectivity index (χ0v) is 12.1. The van der Waals surface area contributed by atoms with E-state index < -0.39 is 0 Å². The molecule has 0 aliphatic heterocycles. The van der Waals surface area contributed by atoms with Gasteiger partial charge in [0.15, 0.2) is 4.96 Å². The SMILES string of the molecule is NC1CCCCc2cn(Cc3cn4ccsc4n3)cc21. The molecular formula is C15H18N4S. The number of aryl methyl sites for hydroxylation is 1. The Labute approximate surface area is 121 Å². The van der Waals surface area contributed by atoms with Gasteiger partial charge in [-0.2, -0.15) is 0 Å². The highest BCUT2D eigenvalue weighted by atomic mass is 32.1. The molecule has 0 spiro atoms. The summed E-state index contributed by atoms with van der Waals surface area (Å²) in [6.07, 6.45) is 13.4. The van der Waals surface area contributed by atoms with Crippen LogP contribution in [0, 0.1) is 0 Å². The van der Waals surface area contributed by atoms with Crippen LogP contribution in [0.5, 0.6) is 0 Å². The van der Waals surface area contributed by atoms with E-state index in [0.717, 1.165) is 30.0 Å². The molecule has 0 saturated carbocycles. The first kappa shape index (κ1) is 12.2. The van der Waals surface area contributed by atoms with Crippen LogP contribution in [-0.2, 0) is 13.0 Å². The maximum Gasteiger partial charge on any atom is 0.193 e. The summed E-state index contributed by atoms with van der Waals surface area (Å²) in [5.41, 5.74) is 10.1. The Kier molecular flexibility index (Phi) is 2.89. The van der Waals surface area contributed by atoms with Crippen LogP contribution < -0.4 is 5.73 Å². The summed E-state index contributed by atoms with van der Waals surface area (Å²) in [6.45, 7) is 0.828. The largest absolute Gasteiger partial charge is 0.348 e. The lowest BCUT2D eigenvalue weighted by molar-refractivity contribution is 0.609. The van der Waals surface area contributed by atoms with E-state index in [-0.39, 0.29) is 6.04 Å². The summed E-state index contributed by atoms with van der Waals surface area (Å²) in [4.78, 5) is 5.70. The molecule has 0 aromatic carbocycles. The zero-order chi connectivity index (χ0) is 13.5. The van der Waals surface area contributed by atoms with Crippen LogP contribution in [0.4, 0.5) is 0 Å². The Morgan fingerprint density at radius 3 is 3.15 bits per heavy atom. The van der Waals surface area contributed by atoms with Gasteiger partial charge in [-0.1, -0.05) is 6.42 Å². The fraction of sp³-hybridized carbons (Fsp3) is 0.400. The first-order chi connectivity index (χ1) is 9.79. The maximum absolute atomic E-state index is 6.27. The van der Waals surface area contributed by atoms with E-state index in [4.69, 9.17) is 5.73 Å². The van der Waals surface area contributed by atoms with E-state index in [2.05, 4.69) is 44.1 Å². The number of hydrogen-bond donors (Lipinski definition) is 1. The lowest BCUT2D eigenvalue weighted by Crippen LogP contribution is -2.09. The summed E-state index contributed by atoms with van der Waals surface area (Å²) in [7, 11) is 0. The van der Waals surface area contributed by atoms with Crippen molar-refractivity contribution in [3.8, 4) is 0 Å². The van der Waals surface area contributed by atoms with Crippen molar-refractivity contribution in [2.45, 2.75) is 38.3 Å². The second kappa shape index (κ2) is 4.75. The highest BCUT2D eigenvalue weighted by Crippen LogP contribution is 2.28. The van der Waals surface area contributed by atoms with Crippen LogP contribution >= 0.6 is 11.3 Å². The van der Waals surface area contributed by atoms with Crippen molar-refractivity contribution in [2.24, 2.45) is 5.73 Å². The van der Waals surface area contributed by atoms with Gasteiger partial charge in [0, 0.05) is 36.2 Å². The summed E-state index contributed by atoms with van der Waals surface area (Å²) in [5.74, 6) is 0. The smallest absolute Gasteiger partial charge is 0.193 e. The second-order valence-electron chi connectivity index (χ2n) is 5.59. The third-order valence-corrected chi connectivity index (χ3v) is 4.87. The highest BCUT2D eigenvalue weighted by molar-refractivity contribution is 7.15. The fourth-order valence-corrected chi connectivity index (χ4v) is 3.80. The Bertz CT molecular complexity index is 708. The summed E-state index contributed by atoms with van der Waals surface area (Å²) in [5, 5.41) is 2.06. The molecule has 0 saturated heterocycles. The molecular weight excluding hydrogens is 268 g/mol. The number of hydrogen-bond acceptors (Lipinski definition) is 3. The quantitative estimate of drug-likeness (QED) is 0.736. The standard InChI is InChI=1S/C15H18N4S/c16-14-4-2-1-3-11-7-18(10-13(11)14)8-12-9-19-5-6-20-15(19)17-12/h5-7,9-10,14H,1-4,8,16H2. The van der Waals surface area contributed by atoms with Crippen molar-refractivity contribution < 1.29 is 0 Å². The molecule has 104 valence electrons. The van der Waals surface area contributed by atoms with Crippen molar-refractivity contribution in [3.05, 3.63) is 47.0 Å². The molecule has 5 heteroatoms. The minimum atomic E-state index is 0.208. The third kappa shape index (κ3) is 2.07.